The fourth-order valence-corrected chi connectivity index (χ4v) is 3.19. The van der Waals surface area contributed by atoms with Gasteiger partial charge in [-0.25, -0.2) is 4.39 Å². The number of amides is 2. The van der Waals surface area contributed by atoms with E-state index in [9.17, 15) is 18.8 Å². The molecule has 0 aliphatic carbocycles. The van der Waals surface area contributed by atoms with Gasteiger partial charge < -0.3 is 16.0 Å². The van der Waals surface area contributed by atoms with Gasteiger partial charge in [0.25, 0.3) is 5.56 Å². The predicted molar refractivity (Wildman–Crippen MR) is 110 cm³/mol. The Morgan fingerprint density at radius 1 is 1.07 bits per heavy atom. The number of benzene rings is 2. The molecule has 3 aromatic rings. The molecule has 8 nitrogen and oxygen atoms in total. The lowest BCUT2D eigenvalue weighted by molar-refractivity contribution is -0.123. The number of anilines is 4. The lowest BCUT2D eigenvalue weighted by atomic mass is 9.92. The fourth-order valence-electron chi connectivity index (χ4n) is 3.19. The maximum atomic E-state index is 13.1. The Morgan fingerprint density at radius 2 is 1.73 bits per heavy atom. The second-order valence-corrected chi connectivity index (χ2v) is 6.97. The van der Waals surface area contributed by atoms with Crippen molar-refractivity contribution in [2.24, 2.45) is 0 Å². The van der Waals surface area contributed by atoms with Crippen molar-refractivity contribution >= 4 is 35.0 Å². The van der Waals surface area contributed by atoms with Gasteiger partial charge in [-0.3, -0.25) is 19.4 Å². The molecule has 0 bridgehead atoms. The molecule has 1 aliphatic heterocycles. The zero-order valence-corrected chi connectivity index (χ0v) is 16.0. The van der Waals surface area contributed by atoms with Crippen LogP contribution in [0.4, 0.5) is 27.5 Å². The second kappa shape index (κ2) is 7.78. The van der Waals surface area contributed by atoms with Gasteiger partial charge in [0, 0.05) is 17.8 Å². The number of hydrogen-bond acceptors (Lipinski definition) is 5. The van der Waals surface area contributed by atoms with Gasteiger partial charge in [0.1, 0.15) is 11.6 Å². The van der Waals surface area contributed by atoms with Crippen LogP contribution < -0.4 is 21.5 Å². The minimum Gasteiger partial charge on any atom is -0.326 e. The normalized spacial score (nSPS) is 15.1. The van der Waals surface area contributed by atoms with E-state index >= 15 is 0 Å². The van der Waals surface area contributed by atoms with Gasteiger partial charge in [-0.1, -0.05) is 17.7 Å². The third-order valence-electron chi connectivity index (χ3n) is 4.69. The Balaban J connectivity index is 1.62. The Labute approximate surface area is 170 Å². The van der Waals surface area contributed by atoms with Crippen LogP contribution >= 0.6 is 0 Å². The number of aryl methyl sites for hydroxylation is 1. The van der Waals surface area contributed by atoms with Crippen LogP contribution in [0.2, 0.25) is 0 Å². The molecule has 9 heteroatoms. The molecule has 0 spiro atoms. The highest BCUT2D eigenvalue weighted by molar-refractivity contribution is 6.04. The molecule has 0 saturated heterocycles. The number of carbonyl (C=O) groups is 2. The fraction of sp³-hybridized carbons (Fsp3) is 0.143. The summed E-state index contributed by atoms with van der Waals surface area (Å²) in [6, 6.07) is 12.6. The standard InChI is InChI=1S/C21H18FN5O3/c1-11-2-6-13(7-3-11)23-19(29)15-10-16(28)25-18-17(15)20(30)27-21(26-18)24-14-8-4-12(22)5-9-14/h2-9,15H,10H2,1H3,(H,23,29)(H3,24,25,26,27,28,30)/t15-/m1/s1. The number of rotatable bonds is 4. The van der Waals surface area contributed by atoms with E-state index in [0.717, 1.165) is 5.56 Å². The maximum Gasteiger partial charge on any atom is 0.258 e. The first kappa shape index (κ1) is 19.3. The van der Waals surface area contributed by atoms with Crippen LogP contribution in [-0.4, -0.2) is 21.8 Å². The molecule has 152 valence electrons. The summed E-state index contributed by atoms with van der Waals surface area (Å²) < 4.78 is 13.1. The van der Waals surface area contributed by atoms with Gasteiger partial charge in [0.05, 0.1) is 11.5 Å². The summed E-state index contributed by atoms with van der Waals surface area (Å²) >= 11 is 0. The van der Waals surface area contributed by atoms with E-state index in [1.165, 1.54) is 24.3 Å². The Kier molecular flexibility index (Phi) is 5.01. The number of aromatic amines is 1. The van der Waals surface area contributed by atoms with Crippen molar-refractivity contribution in [2.45, 2.75) is 19.3 Å². The van der Waals surface area contributed by atoms with Crippen LogP contribution in [0.15, 0.2) is 53.3 Å². The molecule has 0 fully saturated rings. The molecule has 0 unspecified atom stereocenters. The number of aromatic nitrogens is 2. The number of H-pyrrole nitrogens is 1. The average Bonchev–Trinajstić information content (AvgIpc) is 2.70. The Hall–Kier alpha value is -4.01. The number of nitrogens with one attached hydrogen (secondary N) is 4. The average molecular weight is 407 g/mol. The minimum atomic E-state index is -0.980. The molecular weight excluding hydrogens is 389 g/mol. The van der Waals surface area contributed by atoms with Crippen molar-refractivity contribution in [1.82, 2.24) is 9.97 Å². The molecule has 2 aromatic carbocycles. The maximum absolute atomic E-state index is 13.1. The first-order valence-corrected chi connectivity index (χ1v) is 9.23. The van der Waals surface area contributed by atoms with Gasteiger partial charge in [0.15, 0.2) is 0 Å². The topological polar surface area (TPSA) is 116 Å². The lowest BCUT2D eigenvalue weighted by Crippen LogP contribution is -2.36. The molecule has 2 heterocycles. The molecule has 1 atom stereocenters. The van der Waals surface area contributed by atoms with E-state index in [1.54, 1.807) is 12.1 Å². The molecule has 0 saturated carbocycles. The minimum absolute atomic E-state index is 0.0173. The summed E-state index contributed by atoms with van der Waals surface area (Å²) in [6.45, 7) is 1.93. The van der Waals surface area contributed by atoms with Gasteiger partial charge in [-0.05, 0) is 43.3 Å². The SMILES string of the molecule is Cc1ccc(NC(=O)[C@@H]2CC(=O)Nc3nc(Nc4ccc(F)cc4)[nH]c(=O)c32)cc1. The van der Waals surface area contributed by atoms with Gasteiger partial charge >= 0.3 is 0 Å². The van der Waals surface area contributed by atoms with Crippen molar-refractivity contribution in [3.05, 3.63) is 75.8 Å². The van der Waals surface area contributed by atoms with Gasteiger partial charge in [0.2, 0.25) is 17.8 Å². The van der Waals surface area contributed by atoms with Crippen molar-refractivity contribution in [2.75, 3.05) is 16.0 Å². The molecule has 4 N–H and O–H groups in total. The highest BCUT2D eigenvalue weighted by Crippen LogP contribution is 2.30. The number of halogens is 1. The molecule has 2 amide bonds. The third kappa shape index (κ3) is 4.04. The molecule has 30 heavy (non-hydrogen) atoms. The zero-order chi connectivity index (χ0) is 21.3. The van der Waals surface area contributed by atoms with Crippen LogP contribution in [0.5, 0.6) is 0 Å². The van der Waals surface area contributed by atoms with Crippen LogP contribution in [0.3, 0.4) is 0 Å². The summed E-state index contributed by atoms with van der Waals surface area (Å²) in [7, 11) is 0. The van der Waals surface area contributed by atoms with E-state index in [2.05, 4.69) is 25.9 Å². The molecular formula is C21H18FN5O3. The zero-order valence-electron chi connectivity index (χ0n) is 16.0. The number of nitrogens with zero attached hydrogens (tertiary/aromatic N) is 1. The Bertz CT molecular complexity index is 1170. The van der Waals surface area contributed by atoms with Gasteiger partial charge in [-0.2, -0.15) is 4.98 Å². The van der Waals surface area contributed by atoms with Crippen LogP contribution in [0, 0.1) is 12.7 Å². The predicted octanol–water partition coefficient (Wildman–Crippen LogP) is 3.03. The van der Waals surface area contributed by atoms with Crippen molar-refractivity contribution in [1.29, 1.82) is 0 Å². The summed E-state index contributed by atoms with van der Waals surface area (Å²) in [5.41, 5.74) is 1.64. The Morgan fingerprint density at radius 3 is 2.43 bits per heavy atom. The second-order valence-electron chi connectivity index (χ2n) is 6.97. The quantitative estimate of drug-likeness (QED) is 0.531. The molecule has 1 aliphatic rings. The van der Waals surface area contributed by atoms with E-state index in [1.807, 2.05) is 19.1 Å². The lowest BCUT2D eigenvalue weighted by Gasteiger charge is -2.23. The molecule has 4 rings (SSSR count). The smallest absolute Gasteiger partial charge is 0.258 e. The van der Waals surface area contributed by atoms with E-state index in [-0.39, 0.29) is 23.8 Å². The monoisotopic (exact) mass is 407 g/mol. The highest BCUT2D eigenvalue weighted by Gasteiger charge is 2.34. The summed E-state index contributed by atoms with van der Waals surface area (Å²) in [4.78, 5) is 44.5. The van der Waals surface area contributed by atoms with E-state index < -0.39 is 29.1 Å². The van der Waals surface area contributed by atoms with Crippen molar-refractivity contribution < 1.29 is 14.0 Å². The van der Waals surface area contributed by atoms with Crippen LogP contribution in [0.1, 0.15) is 23.5 Å². The van der Waals surface area contributed by atoms with E-state index in [0.29, 0.717) is 11.4 Å². The summed E-state index contributed by atoms with van der Waals surface area (Å²) in [5, 5.41) is 8.12. The summed E-state index contributed by atoms with van der Waals surface area (Å²) in [6.07, 6.45) is -0.166. The first-order chi connectivity index (χ1) is 14.4. The van der Waals surface area contributed by atoms with E-state index in [4.69, 9.17) is 0 Å². The highest BCUT2D eigenvalue weighted by atomic mass is 19.1. The number of hydrogen-bond donors (Lipinski definition) is 4. The van der Waals surface area contributed by atoms with Gasteiger partial charge in [-0.15, -0.1) is 0 Å². The van der Waals surface area contributed by atoms with Crippen LogP contribution in [0.25, 0.3) is 0 Å². The number of carbonyl (C=O) groups excluding carboxylic acids is 2. The van der Waals surface area contributed by atoms with Crippen molar-refractivity contribution in [3.8, 4) is 0 Å². The number of fused-ring (bicyclic) bond motifs is 1. The molecule has 0 radical (unpaired) electrons. The van der Waals surface area contributed by atoms with Crippen molar-refractivity contribution in [3.63, 3.8) is 0 Å². The largest absolute Gasteiger partial charge is 0.326 e. The third-order valence-corrected chi connectivity index (χ3v) is 4.69. The summed E-state index contributed by atoms with van der Waals surface area (Å²) in [5.74, 6) is -2.19. The first-order valence-electron chi connectivity index (χ1n) is 9.23. The molecule has 1 aromatic heterocycles. The van der Waals surface area contributed by atoms with Crippen LogP contribution in [-0.2, 0) is 9.59 Å².